The molecule has 0 aliphatic rings. The number of hydrogen-bond acceptors (Lipinski definition) is 0. The summed E-state index contributed by atoms with van der Waals surface area (Å²) >= 11 is 0. The van der Waals surface area contributed by atoms with E-state index < -0.39 is 0 Å². The Morgan fingerprint density at radius 2 is 0.690 bits per heavy atom. The van der Waals surface area contributed by atoms with Crippen molar-refractivity contribution in [2.45, 2.75) is 26.9 Å². The van der Waals surface area contributed by atoms with Crippen LogP contribution in [0.25, 0.3) is 54.7 Å². The van der Waals surface area contributed by atoms with Gasteiger partial charge in [0.05, 0.1) is 0 Å². The molecule has 2 heterocycles. The fraction of sp³-hybridized carbons (Fsp3) is 0.100. The number of para-hydroxylation sites is 4. The molecule has 2 nitrogen and oxygen atoms in total. The van der Waals surface area contributed by atoms with Crippen LogP contribution in [0.3, 0.4) is 0 Å². The van der Waals surface area contributed by atoms with E-state index in [0.29, 0.717) is 0 Å². The largest absolute Gasteiger partial charge is 0.336 e. The Hall–Kier alpha value is -5.08. The molecule has 0 atom stereocenters. The summed E-state index contributed by atoms with van der Waals surface area (Å²) in [5.74, 6) is 0. The Labute approximate surface area is 246 Å². The minimum absolute atomic E-state index is 0.853. The Morgan fingerprint density at radius 3 is 1.00 bits per heavy atom. The monoisotopic (exact) mass is 540 g/mol. The highest BCUT2D eigenvalue weighted by Gasteiger charge is 2.14. The number of fused-ring (bicyclic) bond motifs is 6. The lowest BCUT2D eigenvalue weighted by atomic mass is 9.94. The molecule has 0 unspecified atom stereocenters. The van der Waals surface area contributed by atoms with Gasteiger partial charge in [-0.05, 0) is 71.5 Å². The smallest absolute Gasteiger partial charge is 0.0494 e. The molecule has 8 aromatic rings. The van der Waals surface area contributed by atoms with Crippen molar-refractivity contribution in [2.75, 3.05) is 0 Å². The summed E-state index contributed by atoms with van der Waals surface area (Å²) in [5, 5.41) is 5.27. The number of aromatic nitrogens is 2. The van der Waals surface area contributed by atoms with Crippen molar-refractivity contribution in [3.05, 3.63) is 156 Å². The minimum atomic E-state index is 0.853. The predicted molar refractivity (Wildman–Crippen MR) is 178 cm³/mol. The van der Waals surface area contributed by atoms with Crippen molar-refractivity contribution >= 4 is 43.6 Å². The summed E-state index contributed by atoms with van der Waals surface area (Å²) in [6.45, 7) is 6.20. The second kappa shape index (κ2) is 9.78. The molecule has 8 rings (SSSR count). The molecule has 0 aliphatic carbocycles. The summed E-state index contributed by atoms with van der Waals surface area (Å²) in [6.07, 6.45) is 0. The highest BCUT2D eigenvalue weighted by Crippen LogP contribution is 2.33. The van der Waals surface area contributed by atoms with Gasteiger partial charge in [-0.15, -0.1) is 0 Å². The van der Waals surface area contributed by atoms with Gasteiger partial charge in [0.25, 0.3) is 0 Å². The van der Waals surface area contributed by atoms with Gasteiger partial charge in [0.15, 0.2) is 0 Å². The Balaban J connectivity index is 1.12. The van der Waals surface area contributed by atoms with Crippen LogP contribution in [-0.2, 0) is 13.1 Å². The van der Waals surface area contributed by atoms with Gasteiger partial charge in [-0.2, -0.15) is 0 Å². The predicted octanol–water partition coefficient (Wildman–Crippen LogP) is 10.3. The van der Waals surface area contributed by atoms with Crippen molar-refractivity contribution in [3.8, 4) is 11.1 Å². The highest BCUT2D eigenvalue weighted by molar-refractivity contribution is 6.08. The number of hydrogen-bond donors (Lipinski definition) is 0. The van der Waals surface area contributed by atoms with Gasteiger partial charge in [0, 0.05) is 56.7 Å². The molecule has 0 bridgehead atoms. The fourth-order valence-electron chi connectivity index (χ4n) is 6.97. The first-order valence-corrected chi connectivity index (χ1v) is 14.8. The van der Waals surface area contributed by atoms with Crippen molar-refractivity contribution < 1.29 is 0 Å². The average Bonchev–Trinajstić information content (AvgIpc) is 3.51. The topological polar surface area (TPSA) is 9.86 Å². The highest BCUT2D eigenvalue weighted by atomic mass is 15.0. The standard InChI is InChI=1S/C40H32N2/c1-27-23-29(25-41-37-15-7-3-11-33(37)34-12-4-8-16-38(34)41)19-21-31(27)32-22-20-30(24-28(32)2)26-42-39-17-9-5-13-35(39)36-14-6-10-18-40(36)42/h3-24H,25-26H2,1-2H3. The molecule has 0 spiro atoms. The van der Waals surface area contributed by atoms with Crippen LogP contribution in [-0.4, -0.2) is 9.13 Å². The molecule has 6 aromatic carbocycles. The van der Waals surface area contributed by atoms with Gasteiger partial charge < -0.3 is 9.13 Å². The Morgan fingerprint density at radius 1 is 0.381 bits per heavy atom. The maximum absolute atomic E-state index is 2.45. The SMILES string of the molecule is Cc1cc(Cn2c3ccccc3c3ccccc32)ccc1-c1ccc(Cn2c3ccccc3c3ccccc32)cc1C. The lowest BCUT2D eigenvalue weighted by molar-refractivity contribution is 0.867. The van der Waals surface area contributed by atoms with E-state index in [0.717, 1.165) is 13.1 Å². The second-order valence-electron chi connectivity index (χ2n) is 11.5. The van der Waals surface area contributed by atoms with Crippen molar-refractivity contribution in [1.29, 1.82) is 0 Å². The van der Waals surface area contributed by atoms with Crippen LogP contribution in [0, 0.1) is 13.8 Å². The fourth-order valence-corrected chi connectivity index (χ4v) is 6.97. The molecule has 0 radical (unpaired) electrons. The Kier molecular flexibility index (Phi) is 5.75. The van der Waals surface area contributed by atoms with Gasteiger partial charge in [-0.25, -0.2) is 0 Å². The zero-order valence-corrected chi connectivity index (χ0v) is 24.0. The normalized spacial score (nSPS) is 11.8. The molecule has 202 valence electrons. The maximum Gasteiger partial charge on any atom is 0.0494 e. The lowest BCUT2D eigenvalue weighted by Crippen LogP contribution is -2.01. The number of benzene rings is 6. The summed E-state index contributed by atoms with van der Waals surface area (Å²) < 4.78 is 4.90. The minimum Gasteiger partial charge on any atom is -0.336 e. The summed E-state index contributed by atoms with van der Waals surface area (Å²) in [7, 11) is 0. The van der Waals surface area contributed by atoms with E-state index in [2.05, 4.69) is 156 Å². The van der Waals surface area contributed by atoms with Gasteiger partial charge in [-0.3, -0.25) is 0 Å². The zero-order chi connectivity index (χ0) is 28.2. The molecule has 0 fully saturated rings. The summed E-state index contributed by atoms with van der Waals surface area (Å²) in [6, 6.07) is 48.9. The van der Waals surface area contributed by atoms with Crippen LogP contribution >= 0.6 is 0 Å². The van der Waals surface area contributed by atoms with E-state index in [1.165, 1.54) is 77.0 Å². The molecule has 0 N–H and O–H groups in total. The van der Waals surface area contributed by atoms with Crippen LogP contribution in [0.15, 0.2) is 133 Å². The number of nitrogens with zero attached hydrogens (tertiary/aromatic N) is 2. The summed E-state index contributed by atoms with van der Waals surface area (Å²) in [4.78, 5) is 0. The van der Waals surface area contributed by atoms with Gasteiger partial charge in [-0.1, -0.05) is 109 Å². The van der Waals surface area contributed by atoms with E-state index in [1.54, 1.807) is 0 Å². The zero-order valence-electron chi connectivity index (χ0n) is 24.0. The third-order valence-electron chi connectivity index (χ3n) is 8.91. The molecule has 2 aromatic heterocycles. The van der Waals surface area contributed by atoms with E-state index in [-0.39, 0.29) is 0 Å². The van der Waals surface area contributed by atoms with Crippen molar-refractivity contribution in [3.63, 3.8) is 0 Å². The van der Waals surface area contributed by atoms with Crippen LogP contribution in [0.4, 0.5) is 0 Å². The lowest BCUT2D eigenvalue weighted by Gasteiger charge is -2.15. The first kappa shape index (κ1) is 24.7. The quantitative estimate of drug-likeness (QED) is 0.205. The molecule has 0 amide bonds. The molecular weight excluding hydrogens is 508 g/mol. The van der Waals surface area contributed by atoms with E-state index in [9.17, 15) is 0 Å². The molecule has 2 heteroatoms. The first-order valence-electron chi connectivity index (χ1n) is 14.8. The number of rotatable bonds is 5. The van der Waals surface area contributed by atoms with E-state index in [4.69, 9.17) is 0 Å². The molecule has 0 saturated heterocycles. The molecular formula is C40H32N2. The van der Waals surface area contributed by atoms with Crippen molar-refractivity contribution in [1.82, 2.24) is 9.13 Å². The van der Waals surface area contributed by atoms with Crippen molar-refractivity contribution in [2.24, 2.45) is 0 Å². The maximum atomic E-state index is 2.45. The second-order valence-corrected chi connectivity index (χ2v) is 11.5. The first-order chi connectivity index (χ1) is 20.7. The van der Waals surface area contributed by atoms with Crippen LogP contribution in [0.2, 0.25) is 0 Å². The van der Waals surface area contributed by atoms with Gasteiger partial charge in [0.1, 0.15) is 0 Å². The van der Waals surface area contributed by atoms with E-state index >= 15 is 0 Å². The number of aryl methyl sites for hydroxylation is 2. The van der Waals surface area contributed by atoms with E-state index in [1.807, 2.05) is 0 Å². The molecule has 0 aliphatic heterocycles. The third-order valence-corrected chi connectivity index (χ3v) is 8.91. The van der Waals surface area contributed by atoms with Crippen LogP contribution in [0.5, 0.6) is 0 Å². The average molecular weight is 541 g/mol. The molecule has 42 heavy (non-hydrogen) atoms. The summed E-state index contributed by atoms with van der Waals surface area (Å²) in [5.41, 5.74) is 13.0. The third kappa shape index (κ3) is 3.94. The van der Waals surface area contributed by atoms with Gasteiger partial charge >= 0.3 is 0 Å². The van der Waals surface area contributed by atoms with Crippen LogP contribution < -0.4 is 0 Å². The van der Waals surface area contributed by atoms with Crippen LogP contribution in [0.1, 0.15) is 22.3 Å². The Bertz CT molecular complexity index is 2010. The van der Waals surface area contributed by atoms with Gasteiger partial charge in [0.2, 0.25) is 0 Å². The molecule has 0 saturated carbocycles.